The normalized spacial score (nSPS) is 16.4. The van der Waals surface area contributed by atoms with Crippen LogP contribution >= 0.6 is 0 Å². The number of ether oxygens (including phenoxy) is 8. The molecule has 16 nitrogen and oxygen atoms in total. The molecule has 0 amide bonds. The van der Waals surface area contributed by atoms with Crippen LogP contribution in [-0.4, -0.2) is 98.8 Å². The van der Waals surface area contributed by atoms with Crippen LogP contribution in [0.2, 0.25) is 0 Å². The van der Waals surface area contributed by atoms with Gasteiger partial charge in [-0.05, 0) is 258 Å². The van der Waals surface area contributed by atoms with E-state index < -0.39 is 11.1 Å². The summed E-state index contributed by atoms with van der Waals surface area (Å²) >= 11 is 0. The van der Waals surface area contributed by atoms with Gasteiger partial charge in [-0.25, -0.2) is 29.9 Å². The van der Waals surface area contributed by atoms with E-state index in [1.807, 2.05) is 60.7 Å². The van der Waals surface area contributed by atoms with Crippen LogP contribution in [0.15, 0.2) is 334 Å². The highest BCUT2D eigenvalue weighted by Crippen LogP contribution is 2.65. The Labute approximate surface area is 711 Å². The molecule has 0 saturated carbocycles. The zero-order chi connectivity index (χ0) is 83.1. The summed E-state index contributed by atoms with van der Waals surface area (Å²) in [5, 5.41) is 11.8. The van der Waals surface area contributed by atoms with Crippen molar-refractivity contribution in [3.05, 3.63) is 370 Å². The molecule has 16 aromatic carbocycles. The molecule has 2 aromatic heterocycles. The molecule has 0 N–H and O–H groups in total. The van der Waals surface area contributed by atoms with Crippen LogP contribution in [0, 0.1) is 0 Å². The minimum atomic E-state index is -1.26. The standard InChI is InChI=1S/C108H74N8O8/c1-117-65-35-25-61(26-36-65)95-96(62-27-37-66(118-2)38-28-62)110-103(109-95)91-51-33-59-17-9-15-23-89(59)107(91)93-75-21-13-11-19-73(75)85(57-87(93)105-113-99-77-47-43-69(121-5)53-81(77)83-55-71(123-7)45-49-79(83)101(99)115(105)107)86-58-88-94(76-22-14-12-20-74(76)86)108(116-102-80-50-46-72(124-8)56-84(80)82-54-70(122-6)44-48-78(82)100(102)114-106(88)116)90-24-16-10-18-60(90)34-52-92(108)104-111-97(63-29-39-67(119-3)40-30-63)98(112-104)64-31-41-68(120-4)42-32-64/h9-58H,1-8H3. The lowest BCUT2D eigenvalue weighted by Crippen LogP contribution is -2.38. The van der Waals surface area contributed by atoms with Crippen molar-refractivity contribution in [2.45, 2.75) is 11.1 Å². The van der Waals surface area contributed by atoms with Crippen molar-refractivity contribution in [2.24, 2.45) is 20.0 Å². The Morgan fingerprint density at radius 1 is 0.242 bits per heavy atom. The predicted molar refractivity (Wildman–Crippen MR) is 496 cm³/mol. The monoisotopic (exact) mass is 1610 g/mol. The molecule has 6 aliphatic rings. The average molecular weight is 1610 g/mol. The molecule has 18 aromatic rings. The molecule has 6 heterocycles. The Bertz CT molecular complexity index is 7460. The highest BCUT2D eigenvalue weighted by atomic mass is 16.5. The van der Waals surface area contributed by atoms with Crippen molar-refractivity contribution in [3.8, 4) is 79.9 Å². The number of imidazole rings is 2. The van der Waals surface area contributed by atoms with Crippen molar-refractivity contribution in [3.63, 3.8) is 0 Å². The molecular weight excluding hydrogens is 1540 g/mol. The van der Waals surface area contributed by atoms with Crippen molar-refractivity contribution in [1.29, 1.82) is 0 Å². The van der Waals surface area contributed by atoms with Crippen molar-refractivity contribution in [2.75, 3.05) is 56.9 Å². The first-order chi connectivity index (χ1) is 61.1. The number of aliphatic imine (C=N–C) groups is 4. The summed E-state index contributed by atoms with van der Waals surface area (Å²) in [5.74, 6) is 8.40. The molecule has 0 radical (unpaired) electrons. The largest absolute Gasteiger partial charge is 0.497 e. The van der Waals surface area contributed by atoms with Gasteiger partial charge in [-0.15, -0.1) is 0 Å². The van der Waals surface area contributed by atoms with Gasteiger partial charge in [-0.2, -0.15) is 0 Å². The summed E-state index contributed by atoms with van der Waals surface area (Å²) in [5.41, 5.74) is 19.0. The maximum absolute atomic E-state index is 6.20. The SMILES string of the molecule is COc1ccc(C2=NC(=C3C=Cc4ccccc4C34c3c(cc(-c5cc6c(c7ccccc57)C5(C(=C7N=C(c8ccc(OC)cc8)C(c8ccc(OC)cc8)=N7)C=Cc7ccccc75)n5c-6nc6c7ccc(OC)cc7c7cc(OC)ccc7c65)c5ccccc35)-c3nc5c6ccc(OC)cc6c6cc(OC)ccc6c5n34)N=C2c2ccc(OC)cc2)cc1. The molecule has 0 bridgehead atoms. The molecular formula is C108H74N8O8. The Morgan fingerprint density at radius 2 is 0.524 bits per heavy atom. The number of rotatable bonds is 13. The fraction of sp³-hybridized carbons (Fsp3) is 0.0926. The summed E-state index contributed by atoms with van der Waals surface area (Å²) in [6, 6.07) is 98.2. The lowest BCUT2D eigenvalue weighted by Gasteiger charge is -2.40. The molecule has 594 valence electrons. The number of hydrogen-bond donors (Lipinski definition) is 0. The highest BCUT2D eigenvalue weighted by Gasteiger charge is 2.57. The van der Waals surface area contributed by atoms with E-state index in [4.69, 9.17) is 67.8 Å². The van der Waals surface area contributed by atoms with Crippen molar-refractivity contribution in [1.82, 2.24) is 19.1 Å². The van der Waals surface area contributed by atoms with Crippen LogP contribution in [0.3, 0.4) is 0 Å². The van der Waals surface area contributed by atoms with E-state index in [1.165, 1.54) is 0 Å². The molecule has 2 atom stereocenters. The van der Waals surface area contributed by atoms with Gasteiger partial charge in [-0.3, -0.25) is 0 Å². The van der Waals surface area contributed by atoms with Gasteiger partial charge in [0.2, 0.25) is 0 Å². The Kier molecular flexibility index (Phi) is 15.9. The van der Waals surface area contributed by atoms with Crippen LogP contribution in [-0.2, 0) is 11.1 Å². The van der Waals surface area contributed by atoms with Crippen LogP contribution in [0.5, 0.6) is 46.0 Å². The molecule has 2 aliphatic carbocycles. The van der Waals surface area contributed by atoms with Gasteiger partial charge in [0.05, 0.1) is 102 Å². The highest BCUT2D eigenvalue weighted by molar-refractivity contribution is 6.56. The number of nitrogens with zero attached hydrogens (tertiary/aromatic N) is 8. The van der Waals surface area contributed by atoms with Gasteiger partial charge in [-0.1, -0.05) is 121 Å². The quantitative estimate of drug-likeness (QED) is 0.102. The van der Waals surface area contributed by atoms with E-state index >= 15 is 0 Å². The number of allylic oxidation sites excluding steroid dienone is 4. The van der Waals surface area contributed by atoms with Gasteiger partial charge < -0.3 is 47.0 Å². The van der Waals surface area contributed by atoms with Crippen LogP contribution in [0.4, 0.5) is 0 Å². The first-order valence-electron chi connectivity index (χ1n) is 41.2. The minimum Gasteiger partial charge on any atom is -0.497 e. The minimum absolute atomic E-state index is 0.546. The fourth-order valence-electron chi connectivity index (χ4n) is 20.6. The number of fused-ring (bicyclic) bond motifs is 32. The molecule has 0 saturated heterocycles. The molecule has 4 aliphatic heterocycles. The fourth-order valence-corrected chi connectivity index (χ4v) is 20.6. The van der Waals surface area contributed by atoms with Crippen LogP contribution in [0.1, 0.15) is 55.6 Å². The van der Waals surface area contributed by atoms with E-state index in [2.05, 4.69) is 252 Å². The van der Waals surface area contributed by atoms with E-state index in [0.717, 1.165) is 222 Å². The average Bonchev–Trinajstić information content (AvgIpc) is 1.49. The van der Waals surface area contributed by atoms with E-state index in [1.54, 1.807) is 56.9 Å². The lowest BCUT2D eigenvalue weighted by molar-refractivity contribution is 0.414. The molecule has 2 spiro atoms. The van der Waals surface area contributed by atoms with Gasteiger partial charge in [0.1, 0.15) is 68.7 Å². The summed E-state index contributed by atoms with van der Waals surface area (Å²) < 4.78 is 52.6. The number of aromatic nitrogens is 4. The number of hydrogen-bond acceptors (Lipinski definition) is 14. The topological polar surface area (TPSA) is 159 Å². The van der Waals surface area contributed by atoms with E-state index in [9.17, 15) is 0 Å². The predicted octanol–water partition coefficient (Wildman–Crippen LogP) is 23.0. The Hall–Kier alpha value is -15.9. The van der Waals surface area contributed by atoms with Crippen molar-refractivity contribution >= 4 is 122 Å². The second-order valence-electron chi connectivity index (χ2n) is 31.9. The van der Waals surface area contributed by atoms with E-state index in [-0.39, 0.29) is 0 Å². The van der Waals surface area contributed by atoms with Crippen LogP contribution in [0.25, 0.3) is 133 Å². The smallest absolute Gasteiger partial charge is 0.159 e. The van der Waals surface area contributed by atoms with Gasteiger partial charge in [0, 0.05) is 77.2 Å². The lowest BCUT2D eigenvalue weighted by atomic mass is 9.69. The molecule has 24 rings (SSSR count). The Balaban J connectivity index is 0.853. The molecule has 16 heteroatoms. The number of methoxy groups -OCH3 is 8. The maximum Gasteiger partial charge on any atom is 0.159 e. The second-order valence-corrected chi connectivity index (χ2v) is 31.9. The zero-order valence-electron chi connectivity index (χ0n) is 68.7. The van der Waals surface area contributed by atoms with E-state index in [0.29, 0.717) is 46.0 Å². The number of benzene rings is 16. The van der Waals surface area contributed by atoms with Gasteiger partial charge in [0.25, 0.3) is 0 Å². The third-order valence-corrected chi connectivity index (χ3v) is 26.1. The third-order valence-electron chi connectivity index (χ3n) is 26.1. The molecule has 124 heavy (non-hydrogen) atoms. The first-order valence-corrected chi connectivity index (χ1v) is 41.2. The van der Waals surface area contributed by atoms with Gasteiger partial charge in [0.15, 0.2) is 11.6 Å². The van der Waals surface area contributed by atoms with Crippen LogP contribution < -0.4 is 37.9 Å². The van der Waals surface area contributed by atoms with Gasteiger partial charge >= 0.3 is 0 Å². The second kappa shape index (κ2) is 27.3. The Morgan fingerprint density at radius 3 is 0.847 bits per heavy atom. The summed E-state index contributed by atoms with van der Waals surface area (Å²) in [6.07, 6.45) is 8.98. The van der Waals surface area contributed by atoms with Crippen molar-refractivity contribution < 1.29 is 37.9 Å². The molecule has 2 unspecified atom stereocenters. The third kappa shape index (κ3) is 10.0. The summed E-state index contributed by atoms with van der Waals surface area (Å²) in [6.45, 7) is 0. The zero-order valence-corrected chi connectivity index (χ0v) is 68.7. The summed E-state index contributed by atoms with van der Waals surface area (Å²) in [7, 11) is 13.6. The maximum atomic E-state index is 6.20. The first kappa shape index (κ1) is 72.1. The molecule has 0 fully saturated rings. The summed E-state index contributed by atoms with van der Waals surface area (Å²) in [4.78, 5) is 35.9.